The molecule has 0 saturated carbocycles. The maximum atomic E-state index is 12.3. The third kappa shape index (κ3) is 2.82. The van der Waals surface area contributed by atoms with E-state index in [1.54, 1.807) is 24.3 Å². The largest absolute Gasteiger partial charge is 0.326 e. The predicted octanol–water partition coefficient (Wildman–Crippen LogP) is 2.80. The van der Waals surface area contributed by atoms with Crippen LogP contribution in [0.4, 0.5) is 5.69 Å². The van der Waals surface area contributed by atoms with Crippen LogP contribution in [-0.4, -0.2) is 29.2 Å². The van der Waals surface area contributed by atoms with Crippen molar-refractivity contribution in [1.29, 1.82) is 0 Å². The Bertz CT molecular complexity index is 853. The summed E-state index contributed by atoms with van der Waals surface area (Å²) in [6.07, 6.45) is 3.40. The summed E-state index contributed by atoms with van der Waals surface area (Å²) in [7, 11) is 0. The first-order chi connectivity index (χ1) is 12.1. The summed E-state index contributed by atoms with van der Waals surface area (Å²) in [6.45, 7) is 0.0864. The molecule has 4 rings (SSSR count). The zero-order valence-electron chi connectivity index (χ0n) is 13.7. The summed E-state index contributed by atoms with van der Waals surface area (Å²) in [4.78, 5) is 37.9. The van der Waals surface area contributed by atoms with Crippen molar-refractivity contribution in [2.45, 2.75) is 25.7 Å². The molecule has 3 amide bonds. The van der Waals surface area contributed by atoms with Gasteiger partial charge in [0, 0.05) is 18.7 Å². The molecule has 1 aliphatic heterocycles. The minimum Gasteiger partial charge on any atom is -0.326 e. The second-order valence-electron chi connectivity index (χ2n) is 6.44. The van der Waals surface area contributed by atoms with Gasteiger partial charge in [-0.1, -0.05) is 18.2 Å². The van der Waals surface area contributed by atoms with Gasteiger partial charge in [-0.2, -0.15) is 0 Å². The van der Waals surface area contributed by atoms with Crippen LogP contribution in [0.5, 0.6) is 0 Å². The van der Waals surface area contributed by atoms with E-state index in [4.69, 9.17) is 0 Å². The zero-order valence-corrected chi connectivity index (χ0v) is 13.7. The van der Waals surface area contributed by atoms with E-state index < -0.39 is 0 Å². The Morgan fingerprint density at radius 1 is 0.960 bits per heavy atom. The molecule has 2 aromatic carbocycles. The molecule has 25 heavy (non-hydrogen) atoms. The lowest BCUT2D eigenvalue weighted by atomic mass is 10.1. The summed E-state index contributed by atoms with van der Waals surface area (Å²) >= 11 is 0. The van der Waals surface area contributed by atoms with Crippen molar-refractivity contribution >= 4 is 23.4 Å². The number of carbonyl (C=O) groups excluding carboxylic acids is 3. The third-order valence-corrected chi connectivity index (χ3v) is 4.82. The van der Waals surface area contributed by atoms with Crippen molar-refractivity contribution in [3.63, 3.8) is 0 Å². The first-order valence-corrected chi connectivity index (χ1v) is 8.50. The lowest BCUT2D eigenvalue weighted by Crippen LogP contribution is -2.32. The standard InChI is InChI=1S/C20H18N2O3/c23-18(21-15-9-8-13-4-3-5-14(13)12-15)10-11-22-19(24)16-6-1-2-7-17(16)20(22)25/h1-2,6-9,12H,3-5,10-11H2,(H,21,23). The normalized spacial score (nSPS) is 15.3. The summed E-state index contributed by atoms with van der Waals surface area (Å²) in [6, 6.07) is 12.7. The van der Waals surface area contributed by atoms with Gasteiger partial charge in [-0.05, 0) is 54.7 Å². The maximum Gasteiger partial charge on any atom is 0.261 e. The number of hydrogen-bond donors (Lipinski definition) is 1. The number of nitrogens with one attached hydrogen (secondary N) is 1. The first kappa shape index (κ1) is 15.6. The van der Waals surface area contributed by atoms with Gasteiger partial charge in [0.2, 0.25) is 5.91 Å². The second-order valence-corrected chi connectivity index (χ2v) is 6.44. The number of amides is 3. The lowest BCUT2D eigenvalue weighted by Gasteiger charge is -2.14. The van der Waals surface area contributed by atoms with Crippen molar-refractivity contribution in [2.24, 2.45) is 0 Å². The summed E-state index contributed by atoms with van der Waals surface area (Å²) < 4.78 is 0. The van der Waals surface area contributed by atoms with Gasteiger partial charge >= 0.3 is 0 Å². The molecule has 126 valence electrons. The van der Waals surface area contributed by atoms with E-state index in [0.29, 0.717) is 11.1 Å². The summed E-state index contributed by atoms with van der Waals surface area (Å²) in [5.74, 6) is -0.855. The van der Waals surface area contributed by atoms with Gasteiger partial charge in [0.15, 0.2) is 0 Å². The van der Waals surface area contributed by atoms with Gasteiger partial charge in [0.25, 0.3) is 11.8 Å². The topological polar surface area (TPSA) is 66.5 Å². The minimum atomic E-state index is -0.328. The first-order valence-electron chi connectivity index (χ1n) is 8.50. The number of imide groups is 1. The Hall–Kier alpha value is -2.95. The minimum absolute atomic E-state index is 0.0859. The molecule has 0 unspecified atom stereocenters. The van der Waals surface area contributed by atoms with Crippen LogP contribution in [-0.2, 0) is 17.6 Å². The average molecular weight is 334 g/mol. The van der Waals surface area contributed by atoms with E-state index in [2.05, 4.69) is 11.4 Å². The number of hydrogen-bond acceptors (Lipinski definition) is 3. The fourth-order valence-electron chi connectivity index (χ4n) is 3.53. The highest BCUT2D eigenvalue weighted by Gasteiger charge is 2.34. The Balaban J connectivity index is 1.38. The number of fused-ring (bicyclic) bond motifs is 2. The predicted molar refractivity (Wildman–Crippen MR) is 93.5 cm³/mol. The van der Waals surface area contributed by atoms with Crippen LogP contribution in [0.25, 0.3) is 0 Å². The van der Waals surface area contributed by atoms with Crippen LogP contribution in [0.15, 0.2) is 42.5 Å². The van der Waals surface area contributed by atoms with Gasteiger partial charge in [0.05, 0.1) is 11.1 Å². The quantitative estimate of drug-likeness (QED) is 0.874. The Morgan fingerprint density at radius 3 is 2.36 bits per heavy atom. The molecule has 0 aromatic heterocycles. The molecular weight excluding hydrogens is 316 g/mol. The number of rotatable bonds is 4. The van der Waals surface area contributed by atoms with Crippen molar-refractivity contribution in [1.82, 2.24) is 4.90 Å². The van der Waals surface area contributed by atoms with E-state index in [1.165, 1.54) is 11.1 Å². The molecule has 1 heterocycles. The van der Waals surface area contributed by atoms with Crippen LogP contribution in [0.3, 0.4) is 0 Å². The molecule has 0 fully saturated rings. The molecule has 5 nitrogen and oxygen atoms in total. The molecular formula is C20H18N2O3. The average Bonchev–Trinajstić information content (AvgIpc) is 3.17. The van der Waals surface area contributed by atoms with E-state index in [0.717, 1.165) is 29.8 Å². The van der Waals surface area contributed by atoms with Gasteiger partial charge in [-0.15, -0.1) is 0 Å². The van der Waals surface area contributed by atoms with Gasteiger partial charge in [-0.25, -0.2) is 0 Å². The van der Waals surface area contributed by atoms with Crippen LogP contribution in [0, 0.1) is 0 Å². The fraction of sp³-hybridized carbons (Fsp3) is 0.250. The SMILES string of the molecule is O=C(CCN1C(=O)c2ccccc2C1=O)Nc1ccc2c(c1)CCC2. The highest BCUT2D eigenvalue weighted by Crippen LogP contribution is 2.25. The Kier molecular flexibility index (Phi) is 3.84. The maximum absolute atomic E-state index is 12.3. The molecule has 0 bridgehead atoms. The highest BCUT2D eigenvalue weighted by molar-refractivity contribution is 6.21. The number of aryl methyl sites for hydroxylation is 2. The number of carbonyl (C=O) groups is 3. The molecule has 2 aromatic rings. The molecule has 5 heteroatoms. The van der Waals surface area contributed by atoms with Gasteiger partial charge in [-0.3, -0.25) is 19.3 Å². The van der Waals surface area contributed by atoms with Crippen LogP contribution >= 0.6 is 0 Å². The molecule has 0 saturated heterocycles. The second kappa shape index (κ2) is 6.16. The smallest absolute Gasteiger partial charge is 0.261 e. The van der Waals surface area contributed by atoms with Crippen molar-refractivity contribution < 1.29 is 14.4 Å². The number of anilines is 1. The fourth-order valence-corrected chi connectivity index (χ4v) is 3.53. The monoisotopic (exact) mass is 334 g/mol. The molecule has 2 aliphatic rings. The summed E-state index contributed by atoms with van der Waals surface area (Å²) in [5, 5.41) is 2.86. The highest BCUT2D eigenvalue weighted by atomic mass is 16.2. The number of nitrogens with zero attached hydrogens (tertiary/aromatic N) is 1. The summed E-state index contributed by atoms with van der Waals surface area (Å²) in [5.41, 5.74) is 4.23. The third-order valence-electron chi connectivity index (χ3n) is 4.82. The van der Waals surface area contributed by atoms with E-state index >= 15 is 0 Å². The van der Waals surface area contributed by atoms with Crippen molar-refractivity contribution in [3.8, 4) is 0 Å². The molecule has 1 N–H and O–H groups in total. The molecule has 1 aliphatic carbocycles. The number of benzene rings is 2. The molecule has 0 radical (unpaired) electrons. The van der Waals surface area contributed by atoms with E-state index in [-0.39, 0.29) is 30.7 Å². The molecule has 0 spiro atoms. The van der Waals surface area contributed by atoms with E-state index in [1.807, 2.05) is 12.1 Å². The van der Waals surface area contributed by atoms with Crippen LogP contribution in [0.1, 0.15) is 44.7 Å². The van der Waals surface area contributed by atoms with Gasteiger partial charge in [0.1, 0.15) is 0 Å². The van der Waals surface area contributed by atoms with Crippen molar-refractivity contribution in [2.75, 3.05) is 11.9 Å². The molecule has 0 atom stereocenters. The van der Waals surface area contributed by atoms with E-state index in [9.17, 15) is 14.4 Å². The zero-order chi connectivity index (χ0) is 17.4. The Labute approximate surface area is 145 Å². The van der Waals surface area contributed by atoms with Crippen LogP contribution in [0.2, 0.25) is 0 Å². The van der Waals surface area contributed by atoms with Crippen molar-refractivity contribution in [3.05, 3.63) is 64.7 Å². The Morgan fingerprint density at radius 2 is 1.64 bits per heavy atom. The van der Waals surface area contributed by atoms with Crippen LogP contribution < -0.4 is 5.32 Å². The van der Waals surface area contributed by atoms with Gasteiger partial charge < -0.3 is 5.32 Å². The lowest BCUT2D eigenvalue weighted by molar-refractivity contribution is -0.116.